The van der Waals surface area contributed by atoms with Gasteiger partial charge in [-0.05, 0) is 36.6 Å². The Hall–Kier alpha value is -2.67. The van der Waals surface area contributed by atoms with Crippen molar-refractivity contribution in [1.29, 1.82) is 0 Å². The zero-order valence-corrected chi connectivity index (χ0v) is 16.9. The predicted molar refractivity (Wildman–Crippen MR) is 106 cm³/mol. The highest BCUT2D eigenvalue weighted by atomic mass is 32.2. The molecule has 2 rings (SSSR count). The molecule has 1 atom stereocenters. The van der Waals surface area contributed by atoms with Gasteiger partial charge in [-0.2, -0.15) is 0 Å². The Labute approximate surface area is 165 Å². The Kier molecular flexibility index (Phi) is 7.75. The highest BCUT2D eigenvalue weighted by Crippen LogP contribution is 2.19. The van der Waals surface area contributed by atoms with E-state index in [1.807, 2.05) is 6.92 Å². The van der Waals surface area contributed by atoms with Crippen molar-refractivity contribution in [1.82, 2.24) is 5.32 Å². The molecule has 2 aromatic rings. The molecule has 0 aliphatic heterocycles. The van der Waals surface area contributed by atoms with Gasteiger partial charge in [0.05, 0.1) is 10.6 Å². The van der Waals surface area contributed by atoms with Crippen molar-refractivity contribution in [3.63, 3.8) is 0 Å². The second kappa shape index (κ2) is 10.0. The number of carbonyl (C=O) groups excluding carboxylic acids is 2. The van der Waals surface area contributed by atoms with E-state index in [2.05, 4.69) is 5.32 Å². The van der Waals surface area contributed by atoms with Crippen molar-refractivity contribution in [3.05, 3.63) is 65.7 Å². The monoisotopic (exact) mass is 403 g/mol. The summed E-state index contributed by atoms with van der Waals surface area (Å²) in [6.45, 7) is 3.37. The molecule has 0 fully saturated rings. The maximum atomic E-state index is 12.6. The molecule has 0 saturated carbocycles. The van der Waals surface area contributed by atoms with Gasteiger partial charge >= 0.3 is 5.97 Å². The fourth-order valence-corrected chi connectivity index (χ4v) is 4.06. The number of carbonyl (C=O) groups is 2. The SMILES string of the molecule is CCCC(=O)N[C@@H](C)C(=O)OCc1ccccc1CS(=O)(=O)c1ccccc1. The first kappa shape index (κ1) is 21.6. The molecule has 0 saturated heterocycles. The maximum Gasteiger partial charge on any atom is 0.328 e. The van der Waals surface area contributed by atoms with Crippen molar-refractivity contribution in [2.45, 2.75) is 50.0 Å². The van der Waals surface area contributed by atoms with Crippen LogP contribution in [0.25, 0.3) is 0 Å². The smallest absolute Gasteiger partial charge is 0.328 e. The molecule has 1 N–H and O–H groups in total. The largest absolute Gasteiger partial charge is 0.459 e. The first-order valence-corrected chi connectivity index (χ1v) is 10.8. The molecule has 0 bridgehead atoms. The summed E-state index contributed by atoms with van der Waals surface area (Å²) < 4.78 is 30.5. The van der Waals surface area contributed by atoms with Crippen LogP contribution >= 0.6 is 0 Å². The fraction of sp³-hybridized carbons (Fsp3) is 0.333. The minimum atomic E-state index is -3.51. The molecule has 0 radical (unpaired) electrons. The number of sulfone groups is 1. The second-order valence-corrected chi connectivity index (χ2v) is 8.48. The topological polar surface area (TPSA) is 89.5 Å². The van der Waals surface area contributed by atoms with Gasteiger partial charge in [0.15, 0.2) is 9.84 Å². The summed E-state index contributed by atoms with van der Waals surface area (Å²) in [6.07, 6.45) is 1.04. The lowest BCUT2D eigenvalue weighted by molar-refractivity contribution is -0.148. The van der Waals surface area contributed by atoms with Crippen molar-refractivity contribution in [2.75, 3.05) is 0 Å². The van der Waals surface area contributed by atoms with Crippen molar-refractivity contribution < 1.29 is 22.7 Å². The number of ether oxygens (including phenoxy) is 1. The van der Waals surface area contributed by atoms with Crippen molar-refractivity contribution >= 4 is 21.7 Å². The summed E-state index contributed by atoms with van der Waals surface area (Å²) in [7, 11) is -3.51. The van der Waals surface area contributed by atoms with E-state index in [0.717, 1.165) is 0 Å². The van der Waals surface area contributed by atoms with Gasteiger partial charge in [0.1, 0.15) is 12.6 Å². The maximum absolute atomic E-state index is 12.6. The fourth-order valence-electron chi connectivity index (χ4n) is 2.63. The molecule has 0 spiro atoms. The molecule has 0 heterocycles. The van der Waals surface area contributed by atoms with Gasteiger partial charge in [-0.15, -0.1) is 0 Å². The molecule has 28 heavy (non-hydrogen) atoms. The summed E-state index contributed by atoms with van der Waals surface area (Å²) in [5.41, 5.74) is 1.18. The molecule has 7 heteroatoms. The zero-order valence-electron chi connectivity index (χ0n) is 16.1. The molecular formula is C21H25NO5S. The van der Waals surface area contributed by atoms with Crippen LogP contribution in [0.2, 0.25) is 0 Å². The summed E-state index contributed by atoms with van der Waals surface area (Å²) in [4.78, 5) is 24.0. The highest BCUT2D eigenvalue weighted by Gasteiger charge is 2.19. The van der Waals surface area contributed by atoms with Crippen LogP contribution in [-0.4, -0.2) is 26.3 Å². The van der Waals surface area contributed by atoms with E-state index in [-0.39, 0.29) is 23.2 Å². The minimum Gasteiger partial charge on any atom is -0.459 e. The molecule has 150 valence electrons. The average molecular weight is 404 g/mol. The van der Waals surface area contributed by atoms with Gasteiger partial charge < -0.3 is 10.1 Å². The number of nitrogens with one attached hydrogen (secondary N) is 1. The molecule has 0 aliphatic rings. The van der Waals surface area contributed by atoms with Crippen molar-refractivity contribution in [2.24, 2.45) is 0 Å². The predicted octanol–water partition coefficient (Wildman–Crippen LogP) is 3.01. The minimum absolute atomic E-state index is 0.0622. The van der Waals surface area contributed by atoms with Crippen LogP contribution in [-0.2, 0) is 36.5 Å². The molecule has 0 aromatic heterocycles. The summed E-state index contributed by atoms with van der Waals surface area (Å²) in [6, 6.07) is 14.4. The highest BCUT2D eigenvalue weighted by molar-refractivity contribution is 7.90. The Morgan fingerprint density at radius 3 is 2.25 bits per heavy atom. The normalized spacial score (nSPS) is 12.2. The lowest BCUT2D eigenvalue weighted by Gasteiger charge is -2.15. The Balaban J connectivity index is 2.04. The summed E-state index contributed by atoms with van der Waals surface area (Å²) >= 11 is 0. The quantitative estimate of drug-likeness (QED) is 0.650. The molecule has 1 amide bonds. The number of hydrogen-bond donors (Lipinski definition) is 1. The van der Waals surface area contributed by atoms with Crippen LogP contribution in [0, 0.1) is 0 Å². The third kappa shape index (κ3) is 6.20. The van der Waals surface area contributed by atoms with Gasteiger partial charge in [-0.1, -0.05) is 49.4 Å². The molecule has 0 unspecified atom stereocenters. The standard InChI is InChI=1S/C21H25NO5S/c1-3-9-20(23)22-16(2)21(24)27-14-17-10-7-8-11-18(17)15-28(25,26)19-12-5-4-6-13-19/h4-8,10-13,16H,3,9,14-15H2,1-2H3,(H,22,23)/t16-/m0/s1. The van der Waals surface area contributed by atoms with Crippen LogP contribution in [0.4, 0.5) is 0 Å². The van der Waals surface area contributed by atoms with Crippen molar-refractivity contribution in [3.8, 4) is 0 Å². The zero-order chi connectivity index (χ0) is 20.6. The van der Waals surface area contributed by atoms with Crippen LogP contribution < -0.4 is 5.32 Å². The molecule has 6 nitrogen and oxygen atoms in total. The Bertz CT molecular complexity index is 909. The second-order valence-electron chi connectivity index (χ2n) is 6.49. The van der Waals surface area contributed by atoms with E-state index < -0.39 is 21.8 Å². The third-order valence-corrected chi connectivity index (χ3v) is 5.83. The number of hydrogen-bond acceptors (Lipinski definition) is 5. The lowest BCUT2D eigenvalue weighted by Crippen LogP contribution is -2.39. The number of esters is 1. The first-order chi connectivity index (χ1) is 13.3. The van der Waals surface area contributed by atoms with E-state index in [0.29, 0.717) is 24.0 Å². The Morgan fingerprint density at radius 2 is 1.61 bits per heavy atom. The van der Waals surface area contributed by atoms with Crippen LogP contribution in [0.3, 0.4) is 0 Å². The van der Waals surface area contributed by atoms with E-state index >= 15 is 0 Å². The van der Waals surface area contributed by atoms with Gasteiger partial charge in [-0.3, -0.25) is 4.79 Å². The van der Waals surface area contributed by atoms with Gasteiger partial charge in [0.2, 0.25) is 5.91 Å². The number of amides is 1. The Morgan fingerprint density at radius 1 is 1.00 bits per heavy atom. The van der Waals surface area contributed by atoms with Gasteiger partial charge in [0.25, 0.3) is 0 Å². The number of rotatable bonds is 9. The molecule has 2 aromatic carbocycles. The van der Waals surface area contributed by atoms with Crippen LogP contribution in [0.1, 0.15) is 37.8 Å². The van der Waals surface area contributed by atoms with E-state index in [1.165, 1.54) is 0 Å². The van der Waals surface area contributed by atoms with E-state index in [9.17, 15) is 18.0 Å². The van der Waals surface area contributed by atoms with E-state index in [1.54, 1.807) is 61.5 Å². The lowest BCUT2D eigenvalue weighted by atomic mass is 10.1. The molecule has 0 aliphatic carbocycles. The van der Waals surface area contributed by atoms with Crippen LogP contribution in [0.5, 0.6) is 0 Å². The van der Waals surface area contributed by atoms with Gasteiger partial charge in [0, 0.05) is 6.42 Å². The average Bonchev–Trinajstić information content (AvgIpc) is 2.67. The van der Waals surface area contributed by atoms with E-state index in [4.69, 9.17) is 4.74 Å². The summed E-state index contributed by atoms with van der Waals surface area (Å²) in [5.74, 6) is -0.959. The van der Waals surface area contributed by atoms with Gasteiger partial charge in [-0.25, -0.2) is 13.2 Å². The summed E-state index contributed by atoms with van der Waals surface area (Å²) in [5, 5.41) is 2.58. The first-order valence-electron chi connectivity index (χ1n) is 9.14. The number of benzene rings is 2. The third-order valence-electron chi connectivity index (χ3n) is 4.14. The molecular weight excluding hydrogens is 378 g/mol. The van der Waals surface area contributed by atoms with Crippen LogP contribution in [0.15, 0.2) is 59.5 Å².